The molecule has 0 aliphatic heterocycles. The molecule has 2 atom stereocenters. The Hall–Kier alpha value is -1.02. The van der Waals surface area contributed by atoms with E-state index in [2.05, 4.69) is 0 Å². The van der Waals surface area contributed by atoms with Crippen LogP contribution in [0.1, 0.15) is 38.7 Å². The Morgan fingerprint density at radius 1 is 1.29 bits per heavy atom. The lowest BCUT2D eigenvalue weighted by Gasteiger charge is -2.19. The summed E-state index contributed by atoms with van der Waals surface area (Å²) in [4.78, 5) is 11.8. The Morgan fingerprint density at radius 2 is 1.88 bits per heavy atom. The van der Waals surface area contributed by atoms with E-state index in [0.29, 0.717) is 5.92 Å². The van der Waals surface area contributed by atoms with Gasteiger partial charge in [0.05, 0.1) is 5.92 Å². The first-order chi connectivity index (χ1) is 7.87. The standard InChI is InChI=1S/C14H17ClO2/c1-14(2,3)17-13(16)12-8-11(12)9-4-6-10(15)7-5-9/h4-7,11-12H,8H2,1-3H3. The van der Waals surface area contributed by atoms with Crippen LogP contribution in [0.25, 0.3) is 0 Å². The normalized spacial score (nSPS) is 23.3. The van der Waals surface area contributed by atoms with E-state index >= 15 is 0 Å². The van der Waals surface area contributed by atoms with Crippen LogP contribution in [0.4, 0.5) is 0 Å². The minimum absolute atomic E-state index is 0.0235. The van der Waals surface area contributed by atoms with Crippen LogP contribution in [0.15, 0.2) is 24.3 Å². The summed E-state index contributed by atoms with van der Waals surface area (Å²) < 4.78 is 5.37. The Labute approximate surface area is 107 Å². The highest BCUT2D eigenvalue weighted by molar-refractivity contribution is 6.30. The maximum atomic E-state index is 11.8. The van der Waals surface area contributed by atoms with E-state index in [4.69, 9.17) is 16.3 Å². The molecule has 1 saturated carbocycles. The third-order valence-corrected chi connectivity index (χ3v) is 3.05. The smallest absolute Gasteiger partial charge is 0.310 e. The largest absolute Gasteiger partial charge is 0.460 e. The molecule has 3 heteroatoms. The van der Waals surface area contributed by atoms with Crippen molar-refractivity contribution in [1.29, 1.82) is 0 Å². The molecule has 1 fully saturated rings. The average Bonchev–Trinajstić information content (AvgIpc) is 2.96. The van der Waals surface area contributed by atoms with Crippen LogP contribution < -0.4 is 0 Å². The van der Waals surface area contributed by atoms with Gasteiger partial charge in [-0.2, -0.15) is 0 Å². The second-order valence-electron chi connectivity index (χ2n) is 5.53. The van der Waals surface area contributed by atoms with E-state index in [0.717, 1.165) is 11.4 Å². The zero-order chi connectivity index (χ0) is 12.6. The van der Waals surface area contributed by atoms with Crippen LogP contribution in [-0.4, -0.2) is 11.6 Å². The van der Waals surface area contributed by atoms with Gasteiger partial charge in [0, 0.05) is 5.02 Å². The zero-order valence-electron chi connectivity index (χ0n) is 10.4. The summed E-state index contributed by atoms with van der Waals surface area (Å²) in [5, 5.41) is 0.725. The number of esters is 1. The van der Waals surface area contributed by atoms with Gasteiger partial charge in [0.2, 0.25) is 0 Å². The second kappa shape index (κ2) is 4.34. The zero-order valence-corrected chi connectivity index (χ0v) is 11.1. The summed E-state index contributed by atoms with van der Waals surface area (Å²) >= 11 is 5.83. The van der Waals surface area contributed by atoms with Gasteiger partial charge in [0.1, 0.15) is 5.60 Å². The van der Waals surface area contributed by atoms with Crippen molar-refractivity contribution in [3.05, 3.63) is 34.9 Å². The van der Waals surface area contributed by atoms with E-state index in [1.807, 2.05) is 45.0 Å². The molecule has 1 aromatic rings. The molecule has 0 heterocycles. The summed E-state index contributed by atoms with van der Waals surface area (Å²) in [5.41, 5.74) is 0.773. The fraction of sp³-hybridized carbons (Fsp3) is 0.500. The summed E-state index contributed by atoms with van der Waals surface area (Å²) in [5.74, 6) is 0.245. The molecule has 1 aliphatic rings. The van der Waals surface area contributed by atoms with E-state index in [1.165, 1.54) is 5.56 Å². The first-order valence-corrected chi connectivity index (χ1v) is 6.23. The molecular formula is C14H17ClO2. The van der Waals surface area contributed by atoms with Crippen molar-refractivity contribution < 1.29 is 9.53 Å². The number of benzene rings is 1. The van der Waals surface area contributed by atoms with Crippen LogP contribution in [0.3, 0.4) is 0 Å². The Morgan fingerprint density at radius 3 is 2.41 bits per heavy atom. The SMILES string of the molecule is CC(C)(C)OC(=O)C1CC1c1ccc(Cl)cc1. The Balaban J connectivity index is 1.96. The molecule has 1 aromatic carbocycles. The second-order valence-corrected chi connectivity index (χ2v) is 5.97. The van der Waals surface area contributed by atoms with Gasteiger partial charge in [-0.15, -0.1) is 0 Å². The molecule has 0 aromatic heterocycles. The lowest BCUT2D eigenvalue weighted by Crippen LogP contribution is -2.25. The molecule has 92 valence electrons. The van der Waals surface area contributed by atoms with Crippen LogP contribution in [0.5, 0.6) is 0 Å². The van der Waals surface area contributed by atoms with Crippen molar-refractivity contribution in [2.75, 3.05) is 0 Å². The van der Waals surface area contributed by atoms with Gasteiger partial charge in [-0.3, -0.25) is 4.79 Å². The predicted molar refractivity (Wildman–Crippen MR) is 68.1 cm³/mol. The fourth-order valence-electron chi connectivity index (χ4n) is 1.91. The number of carbonyl (C=O) groups is 1. The number of hydrogen-bond acceptors (Lipinski definition) is 2. The Bertz CT molecular complexity index is 417. The van der Waals surface area contributed by atoms with Crippen molar-refractivity contribution in [3.8, 4) is 0 Å². The predicted octanol–water partition coefficient (Wildman–Crippen LogP) is 3.79. The number of carbonyl (C=O) groups excluding carboxylic acids is 1. The van der Waals surface area contributed by atoms with Crippen LogP contribution in [-0.2, 0) is 9.53 Å². The fourth-order valence-corrected chi connectivity index (χ4v) is 2.04. The van der Waals surface area contributed by atoms with Crippen molar-refractivity contribution in [1.82, 2.24) is 0 Å². The van der Waals surface area contributed by atoms with Gasteiger partial charge < -0.3 is 4.74 Å². The summed E-state index contributed by atoms with van der Waals surface area (Å²) in [6, 6.07) is 7.69. The number of hydrogen-bond donors (Lipinski definition) is 0. The third-order valence-electron chi connectivity index (χ3n) is 2.80. The van der Waals surface area contributed by atoms with E-state index in [9.17, 15) is 4.79 Å². The van der Waals surface area contributed by atoms with Crippen molar-refractivity contribution in [2.45, 2.75) is 38.7 Å². The molecule has 2 unspecified atom stereocenters. The van der Waals surface area contributed by atoms with E-state index in [-0.39, 0.29) is 11.9 Å². The van der Waals surface area contributed by atoms with Crippen LogP contribution in [0.2, 0.25) is 5.02 Å². The van der Waals surface area contributed by atoms with Gasteiger partial charge in [0.25, 0.3) is 0 Å². The van der Waals surface area contributed by atoms with Crippen molar-refractivity contribution in [2.24, 2.45) is 5.92 Å². The molecule has 0 spiro atoms. The topological polar surface area (TPSA) is 26.3 Å². The van der Waals surface area contributed by atoms with Crippen LogP contribution in [0, 0.1) is 5.92 Å². The molecule has 0 saturated heterocycles. The average molecular weight is 253 g/mol. The van der Waals surface area contributed by atoms with Gasteiger partial charge in [-0.25, -0.2) is 0 Å². The minimum Gasteiger partial charge on any atom is -0.460 e. The molecule has 17 heavy (non-hydrogen) atoms. The van der Waals surface area contributed by atoms with Gasteiger partial charge in [-0.1, -0.05) is 23.7 Å². The number of rotatable bonds is 2. The molecular weight excluding hydrogens is 236 g/mol. The lowest BCUT2D eigenvalue weighted by molar-refractivity contribution is -0.156. The Kier molecular flexibility index (Phi) is 3.17. The van der Waals surface area contributed by atoms with E-state index in [1.54, 1.807) is 0 Å². The van der Waals surface area contributed by atoms with Gasteiger partial charge >= 0.3 is 5.97 Å². The minimum atomic E-state index is -0.399. The number of halogens is 1. The quantitative estimate of drug-likeness (QED) is 0.749. The highest BCUT2D eigenvalue weighted by atomic mass is 35.5. The third kappa shape index (κ3) is 3.22. The highest BCUT2D eigenvalue weighted by Gasteiger charge is 2.46. The van der Waals surface area contributed by atoms with Gasteiger partial charge in [-0.05, 0) is 50.8 Å². The summed E-state index contributed by atoms with van der Waals surface area (Å²) in [6.07, 6.45) is 0.885. The van der Waals surface area contributed by atoms with Crippen LogP contribution >= 0.6 is 11.6 Å². The molecule has 0 radical (unpaired) electrons. The van der Waals surface area contributed by atoms with Crippen molar-refractivity contribution >= 4 is 17.6 Å². The molecule has 2 nitrogen and oxygen atoms in total. The lowest BCUT2D eigenvalue weighted by atomic mass is 10.1. The molecule has 0 N–H and O–H groups in total. The van der Waals surface area contributed by atoms with Crippen molar-refractivity contribution in [3.63, 3.8) is 0 Å². The van der Waals surface area contributed by atoms with E-state index < -0.39 is 5.60 Å². The summed E-state index contributed by atoms with van der Waals surface area (Å²) in [6.45, 7) is 5.68. The molecule has 2 rings (SSSR count). The number of ether oxygens (including phenoxy) is 1. The highest BCUT2D eigenvalue weighted by Crippen LogP contribution is 2.48. The molecule has 1 aliphatic carbocycles. The maximum absolute atomic E-state index is 11.8. The van der Waals surface area contributed by atoms with Gasteiger partial charge in [0.15, 0.2) is 0 Å². The first kappa shape index (κ1) is 12.4. The molecule has 0 amide bonds. The summed E-state index contributed by atoms with van der Waals surface area (Å²) in [7, 11) is 0. The molecule has 0 bridgehead atoms. The maximum Gasteiger partial charge on any atom is 0.310 e. The first-order valence-electron chi connectivity index (χ1n) is 5.85. The monoisotopic (exact) mass is 252 g/mol.